The van der Waals surface area contributed by atoms with Gasteiger partial charge in [-0.05, 0) is 25.6 Å². The lowest BCUT2D eigenvalue weighted by Gasteiger charge is -2.45. The standard InChI is InChI=1S/C27H34ClF4N9/c1-4-15-12-40(8-7-34-15)25-18-11-35-23(24-21(27(30,31)32)19(28)9-20(33)36-24)17(10-29)22(18)37-26(38-25)41-13-16(14-41)39(5-2)6-3/h9,11,15-16,34H,4-8,10,12-14H2,1-3H3,(H2,33,36). The van der Waals surface area contributed by atoms with Gasteiger partial charge in [0, 0.05) is 56.6 Å². The van der Waals surface area contributed by atoms with Gasteiger partial charge in [-0.1, -0.05) is 32.4 Å². The molecule has 222 valence electrons. The molecule has 5 rings (SSSR count). The third-order valence-electron chi connectivity index (χ3n) is 7.96. The van der Waals surface area contributed by atoms with Gasteiger partial charge in [0.25, 0.3) is 0 Å². The van der Waals surface area contributed by atoms with Crippen molar-refractivity contribution in [3.63, 3.8) is 0 Å². The van der Waals surface area contributed by atoms with E-state index < -0.39 is 29.1 Å². The molecule has 0 spiro atoms. The number of nitrogens with two attached hydrogens (primary N) is 1. The summed E-state index contributed by atoms with van der Waals surface area (Å²) in [5, 5.41) is 3.31. The maximum absolute atomic E-state index is 14.9. The molecule has 1 atom stereocenters. The first-order valence-corrected chi connectivity index (χ1v) is 14.2. The monoisotopic (exact) mass is 595 g/mol. The summed E-state index contributed by atoms with van der Waals surface area (Å²) in [5.74, 6) is 0.756. The van der Waals surface area contributed by atoms with Crippen LogP contribution in [-0.2, 0) is 12.9 Å². The number of hydrogen-bond acceptors (Lipinski definition) is 9. The number of halogens is 5. The number of nitrogens with one attached hydrogen (secondary N) is 1. The Hall–Kier alpha value is -3.03. The summed E-state index contributed by atoms with van der Waals surface area (Å²) in [5.41, 5.74) is 3.71. The summed E-state index contributed by atoms with van der Waals surface area (Å²) < 4.78 is 57.2. The van der Waals surface area contributed by atoms with Crippen LogP contribution in [0, 0.1) is 0 Å². The smallest absolute Gasteiger partial charge is 0.384 e. The van der Waals surface area contributed by atoms with Crippen molar-refractivity contribution < 1.29 is 17.6 Å². The maximum atomic E-state index is 14.9. The Kier molecular flexibility index (Phi) is 8.40. The molecule has 14 heteroatoms. The van der Waals surface area contributed by atoms with Crippen LogP contribution in [0.3, 0.4) is 0 Å². The molecule has 3 N–H and O–H groups in total. The van der Waals surface area contributed by atoms with E-state index >= 15 is 0 Å². The van der Waals surface area contributed by atoms with E-state index in [1.807, 2.05) is 4.90 Å². The molecule has 0 aromatic carbocycles. The molecule has 2 aliphatic heterocycles. The number of likely N-dealkylation sites (N-methyl/N-ethyl adjacent to an activating group) is 1. The Morgan fingerprint density at radius 3 is 2.44 bits per heavy atom. The van der Waals surface area contributed by atoms with Gasteiger partial charge in [-0.25, -0.2) is 14.4 Å². The summed E-state index contributed by atoms with van der Waals surface area (Å²) >= 11 is 5.98. The van der Waals surface area contributed by atoms with Crippen LogP contribution in [-0.4, -0.2) is 82.7 Å². The molecule has 0 saturated carbocycles. The first-order chi connectivity index (χ1) is 19.6. The number of nitrogens with zero attached hydrogens (tertiary/aromatic N) is 7. The Balaban J connectivity index is 1.69. The van der Waals surface area contributed by atoms with Crippen molar-refractivity contribution in [1.29, 1.82) is 0 Å². The first-order valence-electron chi connectivity index (χ1n) is 13.9. The van der Waals surface area contributed by atoms with Crippen LogP contribution in [0.1, 0.15) is 38.3 Å². The number of fused-ring (bicyclic) bond motifs is 1. The lowest BCUT2D eigenvalue weighted by molar-refractivity contribution is -0.137. The average Bonchev–Trinajstić information content (AvgIpc) is 2.92. The van der Waals surface area contributed by atoms with E-state index in [0.717, 1.165) is 32.1 Å². The number of aromatic nitrogens is 4. The third-order valence-corrected chi connectivity index (χ3v) is 8.26. The molecule has 0 aliphatic carbocycles. The van der Waals surface area contributed by atoms with E-state index in [1.165, 1.54) is 6.20 Å². The summed E-state index contributed by atoms with van der Waals surface area (Å²) in [6.07, 6.45) is -2.56. The largest absolute Gasteiger partial charge is 0.420 e. The van der Waals surface area contributed by atoms with Crippen LogP contribution in [0.15, 0.2) is 12.3 Å². The van der Waals surface area contributed by atoms with E-state index in [2.05, 4.69) is 45.9 Å². The van der Waals surface area contributed by atoms with Gasteiger partial charge in [-0.15, -0.1) is 0 Å². The van der Waals surface area contributed by atoms with Gasteiger partial charge in [0.15, 0.2) is 0 Å². The predicted molar refractivity (Wildman–Crippen MR) is 153 cm³/mol. The molecule has 0 bridgehead atoms. The van der Waals surface area contributed by atoms with Crippen molar-refractivity contribution in [2.75, 3.05) is 61.3 Å². The van der Waals surface area contributed by atoms with E-state index in [-0.39, 0.29) is 28.6 Å². The minimum Gasteiger partial charge on any atom is -0.384 e. The highest BCUT2D eigenvalue weighted by Gasteiger charge is 2.39. The average molecular weight is 596 g/mol. The lowest BCUT2D eigenvalue weighted by Crippen LogP contribution is -2.60. The molecule has 9 nitrogen and oxygen atoms in total. The molecule has 2 saturated heterocycles. The van der Waals surface area contributed by atoms with Crippen LogP contribution in [0.5, 0.6) is 0 Å². The minimum atomic E-state index is -4.87. The zero-order valence-electron chi connectivity index (χ0n) is 23.3. The fourth-order valence-corrected chi connectivity index (χ4v) is 5.99. The maximum Gasteiger partial charge on any atom is 0.420 e. The minimum absolute atomic E-state index is 0.116. The van der Waals surface area contributed by atoms with Gasteiger partial charge in [0.2, 0.25) is 5.95 Å². The van der Waals surface area contributed by atoms with Crippen molar-refractivity contribution in [1.82, 2.24) is 30.2 Å². The van der Waals surface area contributed by atoms with Crippen LogP contribution in [0.4, 0.5) is 35.1 Å². The fourth-order valence-electron chi connectivity index (χ4n) is 5.68. The molecule has 5 heterocycles. The van der Waals surface area contributed by atoms with Gasteiger partial charge in [-0.3, -0.25) is 9.88 Å². The number of alkyl halides is 4. The topological polar surface area (TPSA) is 99.3 Å². The molecule has 3 aromatic rings. The number of rotatable bonds is 8. The second kappa shape index (κ2) is 11.7. The summed E-state index contributed by atoms with van der Waals surface area (Å²) in [7, 11) is 0. The zero-order chi connectivity index (χ0) is 29.5. The zero-order valence-corrected chi connectivity index (χ0v) is 24.0. The number of nitrogen functional groups attached to an aromatic ring is 1. The van der Waals surface area contributed by atoms with Gasteiger partial charge in [-0.2, -0.15) is 18.2 Å². The summed E-state index contributed by atoms with van der Waals surface area (Å²) in [6, 6.07) is 1.49. The van der Waals surface area contributed by atoms with Gasteiger partial charge in [0.05, 0.1) is 21.6 Å². The molecule has 2 fully saturated rings. The van der Waals surface area contributed by atoms with Gasteiger partial charge in [0.1, 0.15) is 29.6 Å². The van der Waals surface area contributed by atoms with Crippen molar-refractivity contribution in [3.05, 3.63) is 28.4 Å². The van der Waals surface area contributed by atoms with E-state index in [1.54, 1.807) is 0 Å². The molecule has 0 radical (unpaired) electrons. The second-order valence-corrected chi connectivity index (χ2v) is 10.8. The summed E-state index contributed by atoms with van der Waals surface area (Å²) in [6.45, 7) is 10.5. The number of pyridine rings is 2. The number of hydrogen-bond donors (Lipinski definition) is 2. The van der Waals surface area contributed by atoms with E-state index in [4.69, 9.17) is 27.3 Å². The van der Waals surface area contributed by atoms with E-state index in [0.29, 0.717) is 49.4 Å². The fraction of sp³-hybridized carbons (Fsp3) is 0.556. The molecule has 1 unspecified atom stereocenters. The number of anilines is 3. The molecular weight excluding hydrogens is 562 g/mol. The Labute approximate surface area is 241 Å². The van der Waals surface area contributed by atoms with Crippen molar-refractivity contribution >= 4 is 40.1 Å². The Bertz CT molecular complexity index is 1410. The summed E-state index contributed by atoms with van der Waals surface area (Å²) in [4.78, 5) is 24.4. The number of piperazine rings is 1. The highest BCUT2D eigenvalue weighted by molar-refractivity contribution is 6.32. The highest BCUT2D eigenvalue weighted by Crippen LogP contribution is 2.43. The van der Waals surface area contributed by atoms with Crippen molar-refractivity contribution in [2.24, 2.45) is 0 Å². The van der Waals surface area contributed by atoms with Crippen LogP contribution in [0.2, 0.25) is 5.02 Å². The molecule has 3 aromatic heterocycles. The van der Waals surface area contributed by atoms with Crippen molar-refractivity contribution in [3.8, 4) is 11.4 Å². The Morgan fingerprint density at radius 2 is 1.80 bits per heavy atom. The predicted octanol–water partition coefficient (Wildman–Crippen LogP) is 4.53. The molecule has 41 heavy (non-hydrogen) atoms. The second-order valence-electron chi connectivity index (χ2n) is 10.4. The normalized spacial score (nSPS) is 18.4. The van der Waals surface area contributed by atoms with Gasteiger partial charge < -0.3 is 20.9 Å². The SMILES string of the molecule is CCC1CN(c2nc(N3CC(N(CC)CC)C3)nc3c(CF)c(-c4nc(N)cc(Cl)c4C(F)(F)F)ncc23)CCN1. The molecule has 0 amide bonds. The molecular formula is C27H34ClF4N9. The van der Waals surface area contributed by atoms with Crippen molar-refractivity contribution in [2.45, 2.75) is 52.1 Å². The molecule has 2 aliphatic rings. The van der Waals surface area contributed by atoms with Gasteiger partial charge >= 0.3 is 6.18 Å². The third kappa shape index (κ3) is 5.59. The Morgan fingerprint density at radius 1 is 1.07 bits per heavy atom. The van der Waals surface area contributed by atoms with E-state index in [9.17, 15) is 17.6 Å². The van der Waals surface area contributed by atoms with Crippen LogP contribution >= 0.6 is 11.6 Å². The van der Waals surface area contributed by atoms with Crippen LogP contribution in [0.25, 0.3) is 22.3 Å². The quantitative estimate of drug-likeness (QED) is 0.364. The first kappa shape index (κ1) is 29.5. The highest BCUT2D eigenvalue weighted by atomic mass is 35.5. The van der Waals surface area contributed by atoms with Crippen LogP contribution < -0.4 is 20.9 Å². The lowest BCUT2D eigenvalue weighted by atomic mass is 10.0.